The van der Waals surface area contributed by atoms with Crippen LogP contribution in [0.2, 0.25) is 0 Å². The number of aliphatic hydroxyl groups is 1. The Bertz CT molecular complexity index is 745. The minimum atomic E-state index is -1.03. The van der Waals surface area contributed by atoms with Crippen molar-refractivity contribution in [3.8, 4) is 0 Å². The quantitative estimate of drug-likeness (QED) is 0.685. The molecule has 2 nitrogen and oxygen atoms in total. The van der Waals surface area contributed by atoms with Crippen molar-refractivity contribution in [2.45, 2.75) is 12.5 Å². The van der Waals surface area contributed by atoms with Crippen molar-refractivity contribution in [1.29, 1.82) is 0 Å². The molecule has 20 heavy (non-hydrogen) atoms. The molecule has 0 saturated heterocycles. The van der Waals surface area contributed by atoms with Crippen LogP contribution in [-0.2, 0) is 5.60 Å². The van der Waals surface area contributed by atoms with Gasteiger partial charge in [-0.15, -0.1) is 0 Å². The van der Waals surface area contributed by atoms with E-state index < -0.39 is 5.60 Å². The highest BCUT2D eigenvalue weighted by atomic mass is 127. The van der Waals surface area contributed by atoms with E-state index in [2.05, 4.69) is 27.6 Å². The molecule has 2 aromatic carbocycles. The van der Waals surface area contributed by atoms with Gasteiger partial charge >= 0.3 is 0 Å². The van der Waals surface area contributed by atoms with Gasteiger partial charge < -0.3 is 5.11 Å². The Hall–Kier alpha value is -1.46. The van der Waals surface area contributed by atoms with Crippen LogP contribution in [0.3, 0.4) is 0 Å². The van der Waals surface area contributed by atoms with E-state index in [-0.39, 0.29) is 0 Å². The van der Waals surface area contributed by atoms with E-state index in [4.69, 9.17) is 0 Å². The Balaban J connectivity index is 2.20. The first-order valence-electron chi connectivity index (χ1n) is 6.42. The van der Waals surface area contributed by atoms with Crippen LogP contribution in [-0.4, -0.2) is 10.1 Å². The minimum Gasteiger partial charge on any atom is -0.381 e. The van der Waals surface area contributed by atoms with Crippen LogP contribution in [0.15, 0.2) is 60.8 Å². The third-order valence-electron chi connectivity index (χ3n) is 3.58. The van der Waals surface area contributed by atoms with E-state index >= 15 is 0 Å². The van der Waals surface area contributed by atoms with Gasteiger partial charge in [-0.1, -0.05) is 30.3 Å². The number of halogens is 1. The molecule has 0 amide bonds. The fourth-order valence-corrected chi connectivity index (χ4v) is 2.82. The van der Waals surface area contributed by atoms with E-state index in [1.807, 2.05) is 61.5 Å². The van der Waals surface area contributed by atoms with Crippen LogP contribution >= 0.6 is 22.6 Å². The molecule has 3 rings (SSSR count). The monoisotopic (exact) mass is 375 g/mol. The predicted molar refractivity (Wildman–Crippen MR) is 89.6 cm³/mol. The second-order valence-electron chi connectivity index (χ2n) is 4.95. The zero-order valence-electron chi connectivity index (χ0n) is 11.0. The fraction of sp³-hybridized carbons (Fsp3) is 0.118. The van der Waals surface area contributed by atoms with Crippen LogP contribution in [0.1, 0.15) is 18.1 Å². The number of pyridine rings is 1. The average molecular weight is 375 g/mol. The van der Waals surface area contributed by atoms with Crippen LogP contribution < -0.4 is 0 Å². The molecule has 0 radical (unpaired) electrons. The number of rotatable bonds is 2. The van der Waals surface area contributed by atoms with Crippen molar-refractivity contribution in [2.75, 3.05) is 0 Å². The van der Waals surface area contributed by atoms with Crippen molar-refractivity contribution in [1.82, 2.24) is 4.98 Å². The smallest absolute Gasteiger partial charge is 0.112 e. The summed E-state index contributed by atoms with van der Waals surface area (Å²) in [5, 5.41) is 12.0. The molecule has 0 aliphatic carbocycles. The minimum absolute atomic E-state index is 0.879. The summed E-state index contributed by atoms with van der Waals surface area (Å²) in [7, 11) is 0. The van der Waals surface area contributed by atoms with Gasteiger partial charge in [0.05, 0.1) is 5.52 Å². The van der Waals surface area contributed by atoms with Crippen LogP contribution in [0.4, 0.5) is 0 Å². The Morgan fingerprint density at radius 1 is 1.00 bits per heavy atom. The standard InChI is InChI=1S/C17H14INO/c1-17(20,12-7-9-13(18)10-8-12)15-5-2-6-16-14(15)4-3-11-19-16/h2-11,20H,1H3. The van der Waals surface area contributed by atoms with Gasteiger partial charge in [0.2, 0.25) is 0 Å². The molecule has 0 aliphatic rings. The third kappa shape index (κ3) is 2.31. The van der Waals surface area contributed by atoms with E-state index in [1.165, 1.54) is 0 Å². The number of nitrogens with zero attached hydrogens (tertiary/aromatic N) is 1. The van der Waals surface area contributed by atoms with Gasteiger partial charge in [0.1, 0.15) is 5.60 Å². The maximum absolute atomic E-state index is 11.0. The lowest BCUT2D eigenvalue weighted by Crippen LogP contribution is -2.23. The fourth-order valence-electron chi connectivity index (χ4n) is 2.46. The Labute approximate surface area is 131 Å². The molecular formula is C17H14INO. The summed E-state index contributed by atoms with van der Waals surface area (Å²) in [6.45, 7) is 1.83. The Morgan fingerprint density at radius 2 is 1.75 bits per heavy atom. The normalized spacial score (nSPS) is 14.2. The van der Waals surface area contributed by atoms with E-state index in [0.717, 1.165) is 25.6 Å². The van der Waals surface area contributed by atoms with Gasteiger partial charge in [-0.05, 0) is 64.9 Å². The molecule has 0 bridgehead atoms. The number of hydrogen-bond acceptors (Lipinski definition) is 2. The molecule has 0 aliphatic heterocycles. The van der Waals surface area contributed by atoms with E-state index in [1.54, 1.807) is 6.20 Å². The molecule has 0 spiro atoms. The summed E-state index contributed by atoms with van der Waals surface area (Å²) in [6.07, 6.45) is 1.77. The number of fused-ring (bicyclic) bond motifs is 1. The number of aromatic nitrogens is 1. The molecule has 1 N–H and O–H groups in total. The lowest BCUT2D eigenvalue weighted by Gasteiger charge is -2.26. The highest BCUT2D eigenvalue weighted by molar-refractivity contribution is 14.1. The predicted octanol–water partition coefficient (Wildman–Crippen LogP) is 4.10. The lowest BCUT2D eigenvalue weighted by molar-refractivity contribution is 0.104. The summed E-state index contributed by atoms with van der Waals surface area (Å²) < 4.78 is 1.15. The van der Waals surface area contributed by atoms with Gasteiger partial charge in [0.15, 0.2) is 0 Å². The molecule has 3 aromatic rings. The average Bonchev–Trinajstić information content (AvgIpc) is 2.47. The summed E-state index contributed by atoms with van der Waals surface area (Å²) in [6, 6.07) is 17.7. The second kappa shape index (κ2) is 5.14. The summed E-state index contributed by atoms with van der Waals surface area (Å²) in [5.41, 5.74) is 1.63. The molecule has 1 heterocycles. The van der Waals surface area contributed by atoms with Crippen LogP contribution in [0.5, 0.6) is 0 Å². The van der Waals surface area contributed by atoms with Crippen LogP contribution in [0.25, 0.3) is 10.9 Å². The first-order valence-corrected chi connectivity index (χ1v) is 7.49. The Morgan fingerprint density at radius 3 is 2.50 bits per heavy atom. The van der Waals surface area contributed by atoms with Crippen molar-refractivity contribution >= 4 is 33.5 Å². The second-order valence-corrected chi connectivity index (χ2v) is 6.20. The van der Waals surface area contributed by atoms with Crippen molar-refractivity contribution in [3.63, 3.8) is 0 Å². The van der Waals surface area contributed by atoms with Crippen molar-refractivity contribution in [3.05, 3.63) is 75.5 Å². The highest BCUT2D eigenvalue weighted by Crippen LogP contribution is 2.33. The maximum atomic E-state index is 11.0. The third-order valence-corrected chi connectivity index (χ3v) is 4.30. The van der Waals surface area contributed by atoms with Gasteiger partial charge in [-0.2, -0.15) is 0 Å². The first kappa shape index (κ1) is 13.5. The SMILES string of the molecule is CC(O)(c1ccc(I)cc1)c1cccc2ncccc12. The van der Waals surface area contributed by atoms with Gasteiger partial charge in [-0.25, -0.2) is 0 Å². The summed E-state index contributed by atoms with van der Waals surface area (Å²) in [5.74, 6) is 0. The van der Waals surface area contributed by atoms with Crippen LogP contribution in [0, 0.1) is 3.57 Å². The van der Waals surface area contributed by atoms with E-state index in [0.29, 0.717) is 0 Å². The molecule has 1 unspecified atom stereocenters. The highest BCUT2D eigenvalue weighted by Gasteiger charge is 2.27. The number of benzene rings is 2. The van der Waals surface area contributed by atoms with Gasteiger partial charge in [0.25, 0.3) is 0 Å². The zero-order chi connectivity index (χ0) is 14.2. The number of hydrogen-bond donors (Lipinski definition) is 1. The molecule has 0 saturated carbocycles. The van der Waals surface area contributed by atoms with Crippen molar-refractivity contribution in [2.24, 2.45) is 0 Å². The molecule has 1 atom stereocenters. The largest absolute Gasteiger partial charge is 0.381 e. The summed E-state index contributed by atoms with van der Waals surface area (Å²) >= 11 is 2.26. The molecular weight excluding hydrogens is 361 g/mol. The lowest BCUT2D eigenvalue weighted by atomic mass is 9.86. The van der Waals surface area contributed by atoms with Gasteiger partial charge in [0, 0.05) is 15.2 Å². The molecule has 3 heteroatoms. The Kier molecular flexibility index (Phi) is 3.48. The molecule has 1 aromatic heterocycles. The zero-order valence-corrected chi connectivity index (χ0v) is 13.2. The molecule has 0 fully saturated rings. The maximum Gasteiger partial charge on any atom is 0.112 e. The summed E-state index contributed by atoms with van der Waals surface area (Å²) in [4.78, 5) is 4.35. The molecule has 100 valence electrons. The van der Waals surface area contributed by atoms with Crippen molar-refractivity contribution < 1.29 is 5.11 Å². The topological polar surface area (TPSA) is 33.1 Å². The van der Waals surface area contributed by atoms with Gasteiger partial charge in [-0.3, -0.25) is 4.98 Å². The van der Waals surface area contributed by atoms with E-state index in [9.17, 15) is 5.11 Å². The first-order chi connectivity index (χ1) is 9.59.